The van der Waals surface area contributed by atoms with Crippen LogP contribution in [-0.4, -0.2) is 0 Å². The zero-order valence-corrected chi connectivity index (χ0v) is 10.2. The van der Waals surface area contributed by atoms with Crippen LogP contribution in [0, 0.1) is 6.92 Å². The Bertz CT molecular complexity index is 506. The first-order valence-corrected chi connectivity index (χ1v) is 5.65. The lowest BCUT2D eigenvalue weighted by Gasteiger charge is -2.07. The van der Waals surface area contributed by atoms with Gasteiger partial charge in [-0.2, -0.15) is 0 Å². The summed E-state index contributed by atoms with van der Waals surface area (Å²) < 4.78 is 5.74. The van der Waals surface area contributed by atoms with Crippen LogP contribution in [0.25, 0.3) is 5.57 Å². The van der Waals surface area contributed by atoms with Crippen LogP contribution < -0.4 is 4.74 Å². The summed E-state index contributed by atoms with van der Waals surface area (Å²) in [4.78, 5) is 0. The molecule has 0 unspecified atom stereocenters. The molecular formula is C16H16O. The summed E-state index contributed by atoms with van der Waals surface area (Å²) in [6, 6.07) is 16.0. The van der Waals surface area contributed by atoms with Crippen molar-refractivity contribution in [3.05, 3.63) is 66.2 Å². The molecule has 0 fully saturated rings. The Morgan fingerprint density at radius 3 is 1.82 bits per heavy atom. The number of hydrogen-bond acceptors (Lipinski definition) is 1. The molecule has 0 atom stereocenters. The quantitative estimate of drug-likeness (QED) is 0.726. The Labute approximate surface area is 102 Å². The molecule has 0 aliphatic heterocycles. The fourth-order valence-electron chi connectivity index (χ4n) is 1.55. The van der Waals surface area contributed by atoms with Crippen LogP contribution in [0.1, 0.15) is 18.1 Å². The van der Waals surface area contributed by atoms with Gasteiger partial charge in [0.15, 0.2) is 0 Å². The lowest BCUT2D eigenvalue weighted by Crippen LogP contribution is -1.85. The third kappa shape index (κ3) is 2.97. The van der Waals surface area contributed by atoms with E-state index in [1.807, 2.05) is 55.5 Å². The third-order valence-electron chi connectivity index (χ3n) is 2.60. The van der Waals surface area contributed by atoms with Gasteiger partial charge in [0.25, 0.3) is 0 Å². The second-order valence-corrected chi connectivity index (χ2v) is 4.22. The monoisotopic (exact) mass is 224 g/mol. The Kier molecular flexibility index (Phi) is 3.29. The van der Waals surface area contributed by atoms with E-state index in [9.17, 15) is 0 Å². The molecule has 17 heavy (non-hydrogen) atoms. The van der Waals surface area contributed by atoms with Crippen molar-refractivity contribution in [1.29, 1.82) is 0 Å². The number of benzene rings is 2. The summed E-state index contributed by atoms with van der Waals surface area (Å²) in [7, 11) is 0. The number of ether oxygens (including phenoxy) is 1. The zero-order valence-electron chi connectivity index (χ0n) is 10.2. The Morgan fingerprint density at radius 1 is 0.882 bits per heavy atom. The third-order valence-corrected chi connectivity index (χ3v) is 2.60. The van der Waals surface area contributed by atoms with Crippen molar-refractivity contribution in [3.63, 3.8) is 0 Å². The molecule has 0 spiro atoms. The van der Waals surface area contributed by atoms with Gasteiger partial charge in [-0.1, -0.05) is 42.0 Å². The number of hydrogen-bond donors (Lipinski definition) is 0. The van der Waals surface area contributed by atoms with Crippen LogP contribution in [0.15, 0.2) is 55.1 Å². The molecule has 2 aromatic rings. The average molecular weight is 224 g/mol. The van der Waals surface area contributed by atoms with Crippen LogP contribution in [0.4, 0.5) is 0 Å². The van der Waals surface area contributed by atoms with Gasteiger partial charge in [0.05, 0.1) is 0 Å². The van der Waals surface area contributed by atoms with Crippen molar-refractivity contribution in [3.8, 4) is 11.5 Å². The normalized spacial score (nSPS) is 10.0. The number of rotatable bonds is 3. The summed E-state index contributed by atoms with van der Waals surface area (Å²) in [6.45, 7) is 7.96. The SMILES string of the molecule is C=C(C)c1ccc(Oc2ccc(C)cc2)cc1. The zero-order chi connectivity index (χ0) is 12.3. The Morgan fingerprint density at radius 2 is 1.35 bits per heavy atom. The molecule has 0 N–H and O–H groups in total. The van der Waals surface area contributed by atoms with Crippen molar-refractivity contribution in [2.24, 2.45) is 0 Å². The Hall–Kier alpha value is -2.02. The summed E-state index contributed by atoms with van der Waals surface area (Å²) in [5.74, 6) is 1.71. The summed E-state index contributed by atoms with van der Waals surface area (Å²) >= 11 is 0. The van der Waals surface area contributed by atoms with E-state index in [-0.39, 0.29) is 0 Å². The van der Waals surface area contributed by atoms with Gasteiger partial charge in [-0.05, 0) is 43.7 Å². The van der Waals surface area contributed by atoms with Crippen LogP contribution in [0.5, 0.6) is 11.5 Å². The van der Waals surface area contributed by atoms with E-state index in [1.54, 1.807) is 0 Å². The molecule has 0 aliphatic carbocycles. The molecule has 86 valence electrons. The van der Waals surface area contributed by atoms with E-state index in [0.717, 1.165) is 22.6 Å². The van der Waals surface area contributed by atoms with Gasteiger partial charge in [-0.25, -0.2) is 0 Å². The fourth-order valence-corrected chi connectivity index (χ4v) is 1.55. The largest absolute Gasteiger partial charge is 0.457 e. The van der Waals surface area contributed by atoms with E-state index in [2.05, 4.69) is 13.5 Å². The van der Waals surface area contributed by atoms with Crippen molar-refractivity contribution < 1.29 is 4.74 Å². The smallest absolute Gasteiger partial charge is 0.127 e. The molecule has 0 saturated carbocycles. The average Bonchev–Trinajstić information content (AvgIpc) is 2.33. The Balaban J connectivity index is 2.13. The molecule has 0 heterocycles. The van der Waals surface area contributed by atoms with Gasteiger partial charge in [-0.3, -0.25) is 0 Å². The van der Waals surface area contributed by atoms with Crippen molar-refractivity contribution >= 4 is 5.57 Å². The number of aryl methyl sites for hydroxylation is 1. The van der Waals surface area contributed by atoms with Gasteiger partial charge in [0, 0.05) is 0 Å². The summed E-state index contributed by atoms with van der Waals surface area (Å²) in [5, 5.41) is 0. The number of allylic oxidation sites excluding steroid dienone is 1. The van der Waals surface area contributed by atoms with Gasteiger partial charge in [0.1, 0.15) is 11.5 Å². The van der Waals surface area contributed by atoms with Crippen molar-refractivity contribution in [2.75, 3.05) is 0 Å². The van der Waals surface area contributed by atoms with Gasteiger partial charge < -0.3 is 4.74 Å². The van der Waals surface area contributed by atoms with Crippen molar-refractivity contribution in [1.82, 2.24) is 0 Å². The van der Waals surface area contributed by atoms with E-state index >= 15 is 0 Å². The minimum absolute atomic E-state index is 0.846. The van der Waals surface area contributed by atoms with Crippen LogP contribution in [-0.2, 0) is 0 Å². The highest BCUT2D eigenvalue weighted by molar-refractivity contribution is 5.61. The highest BCUT2D eigenvalue weighted by Crippen LogP contribution is 2.23. The van der Waals surface area contributed by atoms with Crippen LogP contribution >= 0.6 is 0 Å². The van der Waals surface area contributed by atoms with Crippen LogP contribution in [0.3, 0.4) is 0 Å². The molecule has 0 aliphatic rings. The van der Waals surface area contributed by atoms with E-state index in [4.69, 9.17) is 4.74 Å². The first kappa shape index (κ1) is 11.5. The molecule has 0 amide bonds. The maximum atomic E-state index is 5.74. The van der Waals surface area contributed by atoms with Gasteiger partial charge >= 0.3 is 0 Å². The minimum Gasteiger partial charge on any atom is -0.457 e. The van der Waals surface area contributed by atoms with Gasteiger partial charge in [0.2, 0.25) is 0 Å². The minimum atomic E-state index is 0.846. The highest BCUT2D eigenvalue weighted by atomic mass is 16.5. The van der Waals surface area contributed by atoms with Crippen molar-refractivity contribution in [2.45, 2.75) is 13.8 Å². The second-order valence-electron chi connectivity index (χ2n) is 4.22. The standard InChI is InChI=1S/C16H16O/c1-12(2)14-6-10-16(11-7-14)17-15-8-4-13(3)5-9-15/h4-11H,1H2,2-3H3. The molecule has 1 heteroatoms. The maximum Gasteiger partial charge on any atom is 0.127 e. The van der Waals surface area contributed by atoms with E-state index in [1.165, 1.54) is 5.56 Å². The predicted octanol–water partition coefficient (Wildman–Crippen LogP) is 4.82. The topological polar surface area (TPSA) is 9.23 Å². The lowest BCUT2D eigenvalue weighted by atomic mass is 10.1. The van der Waals surface area contributed by atoms with E-state index < -0.39 is 0 Å². The molecule has 0 aromatic heterocycles. The van der Waals surface area contributed by atoms with E-state index in [0.29, 0.717) is 0 Å². The maximum absolute atomic E-state index is 5.74. The first-order chi connectivity index (χ1) is 8.15. The molecular weight excluding hydrogens is 208 g/mol. The molecule has 1 nitrogen and oxygen atoms in total. The lowest BCUT2D eigenvalue weighted by molar-refractivity contribution is 0.482. The molecule has 0 radical (unpaired) electrons. The fraction of sp³-hybridized carbons (Fsp3) is 0.125. The summed E-state index contributed by atoms with van der Waals surface area (Å²) in [5.41, 5.74) is 3.43. The van der Waals surface area contributed by atoms with Crippen LogP contribution in [0.2, 0.25) is 0 Å². The second kappa shape index (κ2) is 4.88. The van der Waals surface area contributed by atoms with Gasteiger partial charge in [-0.15, -0.1) is 0 Å². The predicted molar refractivity (Wildman–Crippen MR) is 72.4 cm³/mol. The molecule has 0 bridgehead atoms. The molecule has 2 rings (SSSR count). The highest BCUT2D eigenvalue weighted by Gasteiger charge is 1.98. The summed E-state index contributed by atoms with van der Waals surface area (Å²) in [6.07, 6.45) is 0. The first-order valence-electron chi connectivity index (χ1n) is 5.65. The molecule has 2 aromatic carbocycles. The molecule has 0 saturated heterocycles.